The number of nitrogens with one attached hydrogen (secondary N) is 3. The summed E-state index contributed by atoms with van der Waals surface area (Å²) in [7, 11) is 1.60. The molecular weight excluding hydrogens is 373 g/mol. The van der Waals surface area contributed by atoms with Gasteiger partial charge in [-0.1, -0.05) is 12.1 Å². The molecule has 28 heavy (non-hydrogen) atoms. The fraction of sp³-hybridized carbons (Fsp3) is 0.368. The van der Waals surface area contributed by atoms with Crippen LogP contribution in [0.4, 0.5) is 13.2 Å². The summed E-state index contributed by atoms with van der Waals surface area (Å²) >= 11 is 0. The van der Waals surface area contributed by atoms with Crippen LogP contribution < -0.4 is 16.0 Å². The molecule has 2 rings (SSSR count). The highest BCUT2D eigenvalue weighted by molar-refractivity contribution is 5.92. The normalized spacial score (nSPS) is 12.0. The molecule has 3 N–H and O–H groups in total. The van der Waals surface area contributed by atoms with Gasteiger partial charge in [0.25, 0.3) is 5.91 Å². The molecule has 0 unspecified atom stereocenters. The van der Waals surface area contributed by atoms with Gasteiger partial charge in [-0.05, 0) is 37.1 Å². The first-order valence-corrected chi connectivity index (χ1v) is 8.74. The Kier molecular flexibility index (Phi) is 7.48. The van der Waals surface area contributed by atoms with E-state index in [1.165, 1.54) is 18.4 Å². The zero-order chi connectivity index (χ0) is 20.6. The van der Waals surface area contributed by atoms with Crippen molar-refractivity contribution in [1.82, 2.24) is 16.0 Å². The highest BCUT2D eigenvalue weighted by atomic mass is 19.4. The molecule has 1 amide bonds. The lowest BCUT2D eigenvalue weighted by Crippen LogP contribution is -2.38. The maximum absolute atomic E-state index is 12.6. The van der Waals surface area contributed by atoms with Gasteiger partial charge in [-0.3, -0.25) is 9.79 Å². The van der Waals surface area contributed by atoms with E-state index in [2.05, 4.69) is 20.9 Å². The number of nitrogens with zero attached hydrogens (tertiary/aromatic N) is 1. The summed E-state index contributed by atoms with van der Waals surface area (Å²) in [6.07, 6.45) is -2.21. The number of halogens is 3. The van der Waals surface area contributed by atoms with E-state index in [0.717, 1.165) is 17.7 Å². The number of carbonyl (C=O) groups excluding carboxylic acids is 1. The molecule has 1 heterocycles. The molecule has 0 aliphatic carbocycles. The van der Waals surface area contributed by atoms with Crippen LogP contribution in [0, 0.1) is 6.92 Å². The first-order valence-electron chi connectivity index (χ1n) is 8.74. The topological polar surface area (TPSA) is 78.7 Å². The Balaban J connectivity index is 1.67. The highest BCUT2D eigenvalue weighted by Crippen LogP contribution is 2.29. The zero-order valence-corrected chi connectivity index (χ0v) is 15.7. The molecule has 0 saturated heterocycles. The Bertz CT molecular complexity index is 798. The molecule has 1 aromatic carbocycles. The number of alkyl halides is 3. The average Bonchev–Trinajstić information content (AvgIpc) is 3.09. The fourth-order valence-electron chi connectivity index (χ4n) is 2.40. The largest absolute Gasteiger partial charge is 0.459 e. The van der Waals surface area contributed by atoms with Crippen LogP contribution in [-0.4, -0.2) is 32.0 Å². The van der Waals surface area contributed by atoms with Crippen molar-refractivity contribution in [3.8, 4) is 0 Å². The molecule has 0 bridgehead atoms. The van der Waals surface area contributed by atoms with Gasteiger partial charge in [0.1, 0.15) is 0 Å². The molecule has 1 aromatic heterocycles. The second-order valence-electron chi connectivity index (χ2n) is 6.09. The molecule has 0 saturated carbocycles. The molecule has 6 nitrogen and oxygen atoms in total. The second kappa shape index (κ2) is 9.82. The van der Waals surface area contributed by atoms with Crippen LogP contribution in [0.15, 0.2) is 46.0 Å². The van der Waals surface area contributed by atoms with Gasteiger partial charge < -0.3 is 20.4 Å². The van der Waals surface area contributed by atoms with Gasteiger partial charge in [0.2, 0.25) is 0 Å². The molecule has 0 aliphatic rings. The minimum atomic E-state index is -4.34. The number of hydrogen-bond acceptors (Lipinski definition) is 3. The minimum absolute atomic E-state index is 0.257. The van der Waals surface area contributed by atoms with Crippen LogP contribution in [0.5, 0.6) is 0 Å². The Morgan fingerprint density at radius 3 is 2.32 bits per heavy atom. The highest BCUT2D eigenvalue weighted by Gasteiger charge is 2.29. The predicted molar refractivity (Wildman–Crippen MR) is 100 cm³/mol. The van der Waals surface area contributed by atoms with Crippen molar-refractivity contribution in [2.24, 2.45) is 4.99 Å². The van der Waals surface area contributed by atoms with Gasteiger partial charge in [0.05, 0.1) is 11.8 Å². The molecule has 0 radical (unpaired) electrons. The third-order valence-electron chi connectivity index (χ3n) is 3.96. The number of amides is 1. The molecule has 2 aromatic rings. The average molecular weight is 396 g/mol. The van der Waals surface area contributed by atoms with E-state index < -0.39 is 11.7 Å². The van der Waals surface area contributed by atoms with Gasteiger partial charge in [-0.2, -0.15) is 13.2 Å². The van der Waals surface area contributed by atoms with Gasteiger partial charge in [-0.25, -0.2) is 0 Å². The van der Waals surface area contributed by atoms with E-state index in [9.17, 15) is 18.0 Å². The summed E-state index contributed by atoms with van der Waals surface area (Å²) in [6, 6.07) is 6.68. The Hall–Kier alpha value is -2.97. The van der Waals surface area contributed by atoms with Gasteiger partial charge >= 0.3 is 6.18 Å². The molecule has 0 spiro atoms. The maximum atomic E-state index is 12.6. The first kappa shape index (κ1) is 21.3. The Labute approximate surface area is 161 Å². The van der Waals surface area contributed by atoms with E-state index in [1.807, 2.05) is 0 Å². The van der Waals surface area contributed by atoms with Crippen LogP contribution in [0.1, 0.15) is 33.7 Å². The van der Waals surface area contributed by atoms with Gasteiger partial charge in [0.15, 0.2) is 11.7 Å². The number of hydrogen-bond donors (Lipinski definition) is 3. The zero-order valence-electron chi connectivity index (χ0n) is 15.7. The van der Waals surface area contributed by atoms with Crippen molar-refractivity contribution in [2.45, 2.75) is 26.1 Å². The van der Waals surface area contributed by atoms with E-state index in [-0.39, 0.29) is 5.91 Å². The number of carbonyl (C=O) groups is 1. The van der Waals surface area contributed by atoms with E-state index in [1.54, 1.807) is 20.0 Å². The quantitative estimate of drug-likeness (QED) is 0.382. The summed E-state index contributed by atoms with van der Waals surface area (Å²) in [4.78, 5) is 16.0. The SMILES string of the molecule is CN=C(NCCCNC(=O)c1occc1C)NCc1ccc(C(F)(F)F)cc1. The summed E-state index contributed by atoms with van der Waals surface area (Å²) in [5, 5.41) is 8.88. The standard InChI is InChI=1S/C19H23F3N4O2/c1-13-8-11-28-16(13)17(27)24-9-3-10-25-18(23-2)26-12-14-4-6-15(7-5-14)19(20,21)22/h4-8,11H,3,9-10,12H2,1-2H3,(H,24,27)(H2,23,25,26). The van der Waals surface area contributed by atoms with Crippen molar-refractivity contribution in [3.05, 3.63) is 59.0 Å². The molecule has 0 atom stereocenters. The van der Waals surface area contributed by atoms with Crippen molar-refractivity contribution in [3.63, 3.8) is 0 Å². The molecule has 0 aliphatic heterocycles. The van der Waals surface area contributed by atoms with Crippen LogP contribution in [0.25, 0.3) is 0 Å². The number of aryl methyl sites for hydroxylation is 1. The maximum Gasteiger partial charge on any atom is 0.416 e. The summed E-state index contributed by atoms with van der Waals surface area (Å²) < 4.78 is 42.8. The van der Waals surface area contributed by atoms with Crippen molar-refractivity contribution in [2.75, 3.05) is 20.1 Å². The number of furan rings is 1. The molecule has 152 valence electrons. The number of guanidine groups is 1. The summed E-state index contributed by atoms with van der Waals surface area (Å²) in [5.41, 5.74) is 0.811. The number of aliphatic imine (C=N–C) groups is 1. The number of rotatable bonds is 7. The van der Waals surface area contributed by atoms with E-state index >= 15 is 0 Å². The van der Waals surface area contributed by atoms with Crippen molar-refractivity contribution >= 4 is 11.9 Å². The third-order valence-corrected chi connectivity index (χ3v) is 3.96. The third kappa shape index (κ3) is 6.33. The summed E-state index contributed by atoms with van der Waals surface area (Å²) in [5.74, 6) is 0.572. The van der Waals surface area contributed by atoms with Gasteiger partial charge in [0, 0.05) is 32.2 Å². The fourth-order valence-corrected chi connectivity index (χ4v) is 2.40. The smallest absolute Gasteiger partial charge is 0.416 e. The van der Waals surface area contributed by atoms with E-state index in [0.29, 0.717) is 43.3 Å². The molecular formula is C19H23F3N4O2. The molecule has 9 heteroatoms. The first-order chi connectivity index (χ1) is 13.3. The lowest BCUT2D eigenvalue weighted by molar-refractivity contribution is -0.137. The monoisotopic (exact) mass is 396 g/mol. The lowest BCUT2D eigenvalue weighted by atomic mass is 10.1. The van der Waals surface area contributed by atoms with Crippen molar-refractivity contribution in [1.29, 1.82) is 0 Å². The Morgan fingerprint density at radius 2 is 1.75 bits per heavy atom. The number of benzene rings is 1. The second-order valence-corrected chi connectivity index (χ2v) is 6.09. The van der Waals surface area contributed by atoms with Crippen molar-refractivity contribution < 1.29 is 22.4 Å². The van der Waals surface area contributed by atoms with Gasteiger partial charge in [-0.15, -0.1) is 0 Å². The minimum Gasteiger partial charge on any atom is -0.459 e. The summed E-state index contributed by atoms with van der Waals surface area (Å²) in [6.45, 7) is 3.16. The Morgan fingerprint density at radius 1 is 1.07 bits per heavy atom. The van der Waals surface area contributed by atoms with E-state index in [4.69, 9.17) is 4.42 Å². The van der Waals surface area contributed by atoms with Crippen LogP contribution in [-0.2, 0) is 12.7 Å². The lowest BCUT2D eigenvalue weighted by Gasteiger charge is -2.13. The molecule has 0 fully saturated rings. The van der Waals surface area contributed by atoms with Crippen LogP contribution >= 0.6 is 0 Å². The predicted octanol–water partition coefficient (Wildman–Crippen LogP) is 3.09. The van der Waals surface area contributed by atoms with Crippen LogP contribution in [0.2, 0.25) is 0 Å². The van der Waals surface area contributed by atoms with Crippen LogP contribution in [0.3, 0.4) is 0 Å².